The van der Waals surface area contributed by atoms with E-state index in [1.807, 2.05) is 52.0 Å². The van der Waals surface area contributed by atoms with Crippen molar-refractivity contribution in [2.24, 2.45) is 17.3 Å². The van der Waals surface area contributed by atoms with Gasteiger partial charge in [0.15, 0.2) is 11.4 Å². The minimum atomic E-state index is -1.36. The second kappa shape index (κ2) is 25.8. The van der Waals surface area contributed by atoms with Crippen LogP contribution in [0.2, 0.25) is 0 Å². The summed E-state index contributed by atoms with van der Waals surface area (Å²) in [7, 11) is 1.74. The molecule has 0 fully saturated rings. The Hall–Kier alpha value is -9.91. The molecular weight excluding hydrogens is 1040 g/mol. The Morgan fingerprint density at radius 2 is 0.899 bits per heavy atom. The number of aryl methyl sites for hydroxylation is 5. The van der Waals surface area contributed by atoms with Crippen LogP contribution in [0.1, 0.15) is 44.8 Å². The van der Waals surface area contributed by atoms with Crippen molar-refractivity contribution in [3.63, 3.8) is 0 Å². The first kappa shape index (κ1) is 56.8. The van der Waals surface area contributed by atoms with Crippen LogP contribution in [0, 0.1) is 27.7 Å². The van der Waals surface area contributed by atoms with Crippen LogP contribution in [0.5, 0.6) is 0 Å². The molecule has 2 aliphatic rings. The van der Waals surface area contributed by atoms with E-state index in [0.717, 1.165) is 32.3 Å². The van der Waals surface area contributed by atoms with Crippen LogP contribution in [0.15, 0.2) is 181 Å². The third kappa shape index (κ3) is 13.6. The average Bonchev–Trinajstić information content (AvgIpc) is 4.27. The maximum absolute atomic E-state index is 13.0. The van der Waals surface area contributed by atoms with E-state index in [2.05, 4.69) is 30.2 Å². The number of H-pyrrole nitrogens is 2. The summed E-state index contributed by atoms with van der Waals surface area (Å²) in [6.07, 6.45) is 11.5. The number of nitrogens with one attached hydrogen (secondary N) is 2. The van der Waals surface area contributed by atoms with Gasteiger partial charge < -0.3 is 10.2 Å². The number of carbonyl (C=O) groups is 4. The van der Waals surface area contributed by atoms with Gasteiger partial charge in [-0.2, -0.15) is 20.2 Å². The largest absolute Gasteiger partial charge is 0.476 e. The van der Waals surface area contributed by atoms with Crippen molar-refractivity contribution in [2.75, 3.05) is 10.0 Å². The number of nitrogens with zero attached hydrogens (tertiary/aromatic N) is 7. The molecule has 2 aliphatic heterocycles. The average molecular weight is 1090 g/mol. The van der Waals surface area contributed by atoms with E-state index in [0.29, 0.717) is 34.1 Å². The topological polar surface area (TPSA) is 296 Å². The van der Waals surface area contributed by atoms with E-state index in [4.69, 9.17) is 10.5 Å². The van der Waals surface area contributed by atoms with E-state index in [9.17, 15) is 43.8 Å². The van der Waals surface area contributed by atoms with Gasteiger partial charge in [-0.05, 0) is 101 Å². The number of hydrogen-bond acceptors (Lipinski definition) is 14. The lowest BCUT2D eigenvalue weighted by molar-refractivity contribution is -0.253. The Morgan fingerprint density at radius 1 is 0.532 bits per heavy atom. The van der Waals surface area contributed by atoms with E-state index in [-0.39, 0.29) is 52.3 Å². The maximum atomic E-state index is 13.0. The van der Waals surface area contributed by atoms with Crippen molar-refractivity contribution in [1.29, 1.82) is 0 Å². The molecule has 404 valence electrons. The van der Waals surface area contributed by atoms with Gasteiger partial charge in [0.2, 0.25) is 0 Å². The van der Waals surface area contributed by atoms with Crippen LogP contribution in [0.4, 0.5) is 11.4 Å². The monoisotopic (exact) mass is 1090 g/mol. The van der Waals surface area contributed by atoms with Gasteiger partial charge in [0.1, 0.15) is 13.2 Å². The number of carboxylic acid groups (broad SMARTS) is 2. The first-order chi connectivity index (χ1) is 37.9. The third-order valence-corrected chi connectivity index (χ3v) is 12.5. The molecule has 0 unspecified atom stereocenters. The predicted molar refractivity (Wildman–Crippen MR) is 297 cm³/mol. The zero-order valence-corrected chi connectivity index (χ0v) is 43.7. The van der Waals surface area contributed by atoms with E-state index < -0.39 is 35.0 Å². The summed E-state index contributed by atoms with van der Waals surface area (Å²) in [6.45, 7) is 7.13. The molecule has 6 N–H and O–H groups in total. The van der Waals surface area contributed by atoms with Crippen LogP contribution in [-0.2, 0) is 49.2 Å². The van der Waals surface area contributed by atoms with Crippen LogP contribution in [0.3, 0.4) is 0 Å². The van der Waals surface area contributed by atoms with Gasteiger partial charge in [0.05, 0.1) is 56.4 Å². The summed E-state index contributed by atoms with van der Waals surface area (Å²) in [5, 5.41) is 54.5. The first-order valence-corrected chi connectivity index (χ1v) is 24.6. The number of benzene rings is 4. The number of anilines is 2. The summed E-state index contributed by atoms with van der Waals surface area (Å²) < 4.78 is 4.20. The molecule has 7 aromatic rings. The molecule has 2 amide bonds. The number of allylic oxidation sites excluding steroid dienone is 6. The van der Waals surface area contributed by atoms with Gasteiger partial charge >= 0.3 is 11.9 Å². The standard InChI is InChI=1S/C27H24N4O6.C25H22N4O6.C4H5NOS/c1-17-8-12-19(13-9-17)30-25(32)21(23(28-30)16-37-36)6-4-3-5-7-22-24(27(34)35)29-31(26(22)33)20-14-10-18(2)11-15-20;1-15-6-10-17(11-7-15)28-23(30)19(21(26-28)14-35-34)4-3-5-20-22(25(32)33)27-29(24(20)31)18-12-8-16(2)9-13-18;1-5-4(6)2-3-7-5/h3-15,28,36H,16H2,1-2H3,(H,34,35);3-13,26,34H,14H2,1-2H3,(H,32,33);2-3H,1H3/b5-3+,6-4+,22-7+;4-3+,20-5+;. The van der Waals surface area contributed by atoms with Crippen molar-refractivity contribution in [1.82, 2.24) is 23.5 Å². The van der Waals surface area contributed by atoms with Gasteiger partial charge in [-0.1, -0.05) is 107 Å². The molecule has 3 aromatic heterocycles. The molecule has 9 rings (SSSR count). The van der Waals surface area contributed by atoms with Crippen molar-refractivity contribution in [3.8, 4) is 11.4 Å². The summed E-state index contributed by atoms with van der Waals surface area (Å²) in [5.41, 5.74) is 5.53. The normalized spacial score (nSPS) is 14.4. The van der Waals surface area contributed by atoms with Gasteiger partial charge in [-0.25, -0.2) is 28.7 Å². The number of aromatic nitrogens is 5. The molecule has 0 saturated heterocycles. The zero-order chi connectivity index (χ0) is 56.9. The minimum absolute atomic E-state index is 0.0736. The zero-order valence-electron chi connectivity index (χ0n) is 42.9. The molecule has 0 spiro atoms. The van der Waals surface area contributed by atoms with Crippen molar-refractivity contribution in [2.45, 2.75) is 40.9 Å². The molecule has 0 saturated carbocycles. The van der Waals surface area contributed by atoms with Crippen LogP contribution in [-0.4, -0.2) is 79.4 Å². The summed E-state index contributed by atoms with van der Waals surface area (Å²) in [4.78, 5) is 94.0. The number of carboxylic acids is 2. The fraction of sp³-hybridized carbons (Fsp3) is 0.125. The summed E-state index contributed by atoms with van der Waals surface area (Å²) >= 11 is 1.41. The van der Waals surface area contributed by atoms with Crippen LogP contribution in [0.25, 0.3) is 23.5 Å². The van der Waals surface area contributed by atoms with Gasteiger partial charge in [0, 0.05) is 18.5 Å². The Morgan fingerprint density at radius 3 is 1.23 bits per heavy atom. The van der Waals surface area contributed by atoms with Gasteiger partial charge in [-0.3, -0.25) is 48.6 Å². The molecule has 0 atom stereocenters. The lowest BCUT2D eigenvalue weighted by Gasteiger charge is -2.11. The second-order valence-corrected chi connectivity index (χ2v) is 18.5. The Balaban J connectivity index is 0.000000203. The lowest BCUT2D eigenvalue weighted by atomic mass is 10.1. The number of hydrogen-bond donors (Lipinski definition) is 6. The molecule has 5 heterocycles. The fourth-order valence-corrected chi connectivity index (χ4v) is 8.07. The molecule has 22 nitrogen and oxygen atoms in total. The highest BCUT2D eigenvalue weighted by Gasteiger charge is 2.36. The molecule has 0 bridgehead atoms. The molecule has 4 aromatic carbocycles. The van der Waals surface area contributed by atoms with Crippen molar-refractivity contribution < 1.29 is 49.7 Å². The van der Waals surface area contributed by atoms with Crippen LogP contribution >= 0.6 is 11.5 Å². The number of hydrazone groups is 2. The molecule has 0 radical (unpaired) electrons. The minimum Gasteiger partial charge on any atom is -0.476 e. The first-order valence-electron chi connectivity index (χ1n) is 23.8. The summed E-state index contributed by atoms with van der Waals surface area (Å²) in [6, 6.07) is 30.0. The third-order valence-electron chi connectivity index (χ3n) is 11.7. The van der Waals surface area contributed by atoms with Crippen LogP contribution < -0.4 is 26.7 Å². The smallest absolute Gasteiger partial charge is 0.357 e. The maximum Gasteiger partial charge on any atom is 0.357 e. The second-order valence-electron chi connectivity index (χ2n) is 17.4. The number of carbonyl (C=O) groups excluding carboxylic acids is 2. The SMILES string of the molecule is Cc1ccc(N2N=C(C(=O)O)/C(=C\C=C\c3c(COO)[nH]n(-c4ccc(C)cc4)c3=O)C2=O)cc1.Cc1ccc(N2N=C(C(=O)O)\C(=C/C=C/C=C/c3c(COO)[nH]n(-c4ccc(C)cc4)c3=O)C2=O)cc1.Cn1sccc1=O. The lowest BCUT2D eigenvalue weighted by Crippen LogP contribution is -2.22. The van der Waals surface area contributed by atoms with Crippen molar-refractivity contribution in [3.05, 3.63) is 232 Å². The fourth-order valence-electron chi connectivity index (χ4n) is 7.55. The highest BCUT2D eigenvalue weighted by molar-refractivity contribution is 7.04. The summed E-state index contributed by atoms with van der Waals surface area (Å²) in [5.74, 6) is -3.86. The quantitative estimate of drug-likeness (QED) is 0.0253. The van der Waals surface area contributed by atoms with Gasteiger partial charge in [0.25, 0.3) is 28.5 Å². The van der Waals surface area contributed by atoms with E-state index >= 15 is 0 Å². The van der Waals surface area contributed by atoms with E-state index in [1.165, 1.54) is 57.4 Å². The number of aromatic amines is 2. The molecule has 0 aliphatic carbocycles. The van der Waals surface area contributed by atoms with Gasteiger partial charge in [-0.15, -0.1) is 0 Å². The highest BCUT2D eigenvalue weighted by atomic mass is 32.1. The number of amides is 2. The van der Waals surface area contributed by atoms with Crippen molar-refractivity contribution >= 4 is 70.2 Å². The number of aliphatic carboxylic acids is 2. The Labute approximate surface area is 453 Å². The number of rotatable bonds is 15. The predicted octanol–water partition coefficient (Wildman–Crippen LogP) is 7.40. The molecule has 79 heavy (non-hydrogen) atoms. The van der Waals surface area contributed by atoms with E-state index in [1.54, 1.807) is 107 Å². The molecule has 23 heteroatoms. The Kier molecular flexibility index (Phi) is 18.5. The highest BCUT2D eigenvalue weighted by Crippen LogP contribution is 2.26. The Bertz CT molecular complexity index is 3810. The molecular formula is C56H51N9O13S.